The lowest BCUT2D eigenvalue weighted by Gasteiger charge is -2.46. The molecule has 0 spiro atoms. The molecule has 1 aliphatic carbocycles. The number of hydrogen-bond donors (Lipinski definition) is 2. The molecule has 1 aliphatic heterocycles. The summed E-state index contributed by atoms with van der Waals surface area (Å²) in [6.45, 7) is 4.26. The predicted octanol–water partition coefficient (Wildman–Crippen LogP) is 5.65. The predicted molar refractivity (Wildman–Crippen MR) is 133 cm³/mol. The van der Waals surface area contributed by atoms with Crippen LogP contribution in [0.1, 0.15) is 49.3 Å². The second-order valence-corrected chi connectivity index (χ2v) is 11.1. The van der Waals surface area contributed by atoms with Crippen molar-refractivity contribution in [2.75, 3.05) is 5.32 Å². The maximum absolute atomic E-state index is 13.4. The first-order valence-electron chi connectivity index (χ1n) is 11.2. The van der Waals surface area contributed by atoms with Gasteiger partial charge in [-0.15, -0.1) is 0 Å². The van der Waals surface area contributed by atoms with Gasteiger partial charge in [0.15, 0.2) is 5.16 Å². The number of aromatic amines is 1. The monoisotopic (exact) mass is 479 g/mol. The number of nitrogens with zero attached hydrogens (tertiary/aromatic N) is 1. The number of halogens is 1. The van der Waals surface area contributed by atoms with Gasteiger partial charge in [0.2, 0.25) is 0 Å². The number of carbonyl (C=O) groups excluding carboxylic acids is 1. The topological polar surface area (TPSA) is 74.8 Å². The smallest absolute Gasteiger partial charge is 0.257 e. The minimum absolute atomic E-state index is 0.0564. The molecule has 0 saturated heterocycles. The number of ketones is 1. The number of Topliss-reactive ketones (excluding diaryl/α,β-unsaturated/α-hetero) is 1. The lowest BCUT2D eigenvalue weighted by Crippen LogP contribution is -2.51. The van der Waals surface area contributed by atoms with Gasteiger partial charge in [-0.3, -0.25) is 9.59 Å². The average molecular weight is 480 g/mol. The minimum Gasteiger partial charge on any atom is -0.366 e. The Hall–Kier alpha value is -2.57. The Kier molecular flexibility index (Phi) is 5.83. The number of H-pyrrole nitrogens is 1. The number of hydrogen-bond acceptors (Lipinski definition) is 5. The van der Waals surface area contributed by atoms with E-state index in [4.69, 9.17) is 16.6 Å². The molecule has 3 unspecified atom stereocenters. The van der Waals surface area contributed by atoms with Crippen molar-refractivity contribution in [2.45, 2.75) is 49.6 Å². The summed E-state index contributed by atoms with van der Waals surface area (Å²) in [7, 11) is 0. The third-order valence-corrected chi connectivity index (χ3v) is 7.76. The molecule has 2 aromatic carbocycles. The van der Waals surface area contributed by atoms with Crippen LogP contribution in [0.3, 0.4) is 0 Å². The van der Waals surface area contributed by atoms with Gasteiger partial charge < -0.3 is 10.3 Å². The third-order valence-electron chi connectivity index (χ3n) is 6.58. The van der Waals surface area contributed by atoms with Crippen LogP contribution in [0.2, 0.25) is 5.02 Å². The number of anilines is 1. The fourth-order valence-electron chi connectivity index (χ4n) is 5.26. The molecule has 0 amide bonds. The van der Waals surface area contributed by atoms with Gasteiger partial charge in [0.05, 0.1) is 5.56 Å². The van der Waals surface area contributed by atoms with E-state index in [9.17, 15) is 9.59 Å². The standard InChI is InChI=1S/C26H26ClN3O2S/c1-26(2)12-18-21(19(31)13-26)20(16-8-4-3-5-9-16)22-23(28-18)29-25(30-24(22)32)33-14-15-7-6-10-17(27)11-15/h3-11,18,20-21H,12-14H2,1-2H3,(H2,28,29,30,32). The Morgan fingerprint density at radius 1 is 1.12 bits per heavy atom. The second kappa shape index (κ2) is 8.65. The third kappa shape index (κ3) is 4.46. The lowest BCUT2D eigenvalue weighted by atomic mass is 9.62. The Bertz CT molecular complexity index is 1260. The SMILES string of the molecule is CC1(C)CC(=O)C2C(C1)Nc1nc(SCc3cccc(Cl)c3)[nH]c(=O)c1C2c1ccccc1. The highest BCUT2D eigenvalue weighted by Gasteiger charge is 2.49. The number of aromatic nitrogens is 2. The van der Waals surface area contributed by atoms with Crippen molar-refractivity contribution in [3.05, 3.63) is 86.7 Å². The van der Waals surface area contributed by atoms with Crippen LogP contribution in [0.25, 0.3) is 0 Å². The van der Waals surface area contributed by atoms with Crippen molar-refractivity contribution in [1.82, 2.24) is 9.97 Å². The van der Waals surface area contributed by atoms with Crippen molar-refractivity contribution in [3.63, 3.8) is 0 Å². The summed E-state index contributed by atoms with van der Waals surface area (Å²) in [6, 6.07) is 17.5. The number of benzene rings is 2. The first-order chi connectivity index (χ1) is 15.8. The molecule has 2 aliphatic rings. The van der Waals surface area contributed by atoms with E-state index in [0.29, 0.717) is 33.7 Å². The van der Waals surface area contributed by atoms with Crippen LogP contribution in [-0.2, 0) is 10.5 Å². The quantitative estimate of drug-likeness (QED) is 0.373. The highest BCUT2D eigenvalue weighted by atomic mass is 35.5. The average Bonchev–Trinajstić information content (AvgIpc) is 2.76. The molecule has 0 radical (unpaired) electrons. The van der Waals surface area contributed by atoms with Gasteiger partial charge in [0, 0.05) is 35.1 Å². The molecular formula is C26H26ClN3O2S. The van der Waals surface area contributed by atoms with Crippen molar-refractivity contribution < 1.29 is 4.79 Å². The zero-order valence-corrected chi connectivity index (χ0v) is 20.2. The van der Waals surface area contributed by atoms with Gasteiger partial charge >= 0.3 is 0 Å². The Morgan fingerprint density at radius 2 is 1.91 bits per heavy atom. The zero-order valence-electron chi connectivity index (χ0n) is 18.6. The molecule has 7 heteroatoms. The van der Waals surface area contributed by atoms with Crippen LogP contribution in [0.5, 0.6) is 0 Å². The highest BCUT2D eigenvalue weighted by molar-refractivity contribution is 7.98. The molecule has 3 aromatic rings. The van der Waals surface area contributed by atoms with E-state index in [1.807, 2.05) is 54.6 Å². The van der Waals surface area contributed by atoms with Crippen LogP contribution >= 0.6 is 23.4 Å². The van der Waals surface area contributed by atoms with Crippen molar-refractivity contribution >= 4 is 35.0 Å². The number of rotatable bonds is 4. The highest BCUT2D eigenvalue weighted by Crippen LogP contribution is 2.48. The van der Waals surface area contributed by atoms with Crippen molar-refractivity contribution in [3.8, 4) is 0 Å². The van der Waals surface area contributed by atoms with Gasteiger partial charge in [0.25, 0.3) is 5.56 Å². The van der Waals surface area contributed by atoms with Gasteiger partial charge in [-0.2, -0.15) is 0 Å². The summed E-state index contributed by atoms with van der Waals surface area (Å²) in [5, 5.41) is 4.72. The fourth-order valence-corrected chi connectivity index (χ4v) is 6.28. The molecule has 5 rings (SSSR count). The molecule has 1 fully saturated rings. The molecule has 5 nitrogen and oxygen atoms in total. The summed E-state index contributed by atoms with van der Waals surface area (Å²) >= 11 is 7.56. The molecule has 33 heavy (non-hydrogen) atoms. The van der Waals surface area contributed by atoms with Gasteiger partial charge in [-0.1, -0.05) is 79.7 Å². The van der Waals surface area contributed by atoms with E-state index in [0.717, 1.165) is 17.5 Å². The van der Waals surface area contributed by atoms with E-state index >= 15 is 0 Å². The van der Waals surface area contributed by atoms with Crippen molar-refractivity contribution in [1.29, 1.82) is 0 Å². The van der Waals surface area contributed by atoms with Crippen LogP contribution in [-0.4, -0.2) is 21.8 Å². The Balaban J connectivity index is 1.54. The molecule has 2 N–H and O–H groups in total. The van der Waals surface area contributed by atoms with Crippen LogP contribution in [0.4, 0.5) is 5.82 Å². The molecule has 170 valence electrons. The largest absolute Gasteiger partial charge is 0.366 e. The zero-order chi connectivity index (χ0) is 23.2. The van der Waals surface area contributed by atoms with Gasteiger partial charge in [-0.25, -0.2) is 4.98 Å². The normalized spacial score (nSPS) is 23.4. The molecule has 2 heterocycles. The van der Waals surface area contributed by atoms with E-state index in [1.165, 1.54) is 11.8 Å². The molecule has 1 saturated carbocycles. The van der Waals surface area contributed by atoms with E-state index in [1.54, 1.807) is 0 Å². The molecule has 1 aromatic heterocycles. The van der Waals surface area contributed by atoms with E-state index in [2.05, 4.69) is 24.1 Å². The van der Waals surface area contributed by atoms with Crippen LogP contribution in [0.15, 0.2) is 64.5 Å². The lowest BCUT2D eigenvalue weighted by molar-refractivity contribution is -0.129. The molecular weight excluding hydrogens is 454 g/mol. The molecule has 0 bridgehead atoms. The Labute approximate surface area is 202 Å². The number of carbonyl (C=O) groups is 1. The maximum atomic E-state index is 13.4. The summed E-state index contributed by atoms with van der Waals surface area (Å²) in [6.07, 6.45) is 1.37. The first-order valence-corrected chi connectivity index (χ1v) is 12.5. The van der Waals surface area contributed by atoms with E-state index in [-0.39, 0.29) is 34.6 Å². The summed E-state index contributed by atoms with van der Waals surface area (Å²) in [4.78, 5) is 34.4. The summed E-state index contributed by atoms with van der Waals surface area (Å²) in [5.74, 6) is 0.859. The summed E-state index contributed by atoms with van der Waals surface area (Å²) in [5.41, 5.74) is 2.32. The number of thioether (sulfide) groups is 1. The number of fused-ring (bicyclic) bond motifs is 2. The fraction of sp³-hybridized carbons (Fsp3) is 0.346. The van der Waals surface area contributed by atoms with Gasteiger partial charge in [-0.05, 0) is 35.1 Å². The van der Waals surface area contributed by atoms with Crippen LogP contribution in [0, 0.1) is 11.3 Å². The number of nitrogens with one attached hydrogen (secondary N) is 2. The maximum Gasteiger partial charge on any atom is 0.257 e. The summed E-state index contributed by atoms with van der Waals surface area (Å²) < 4.78 is 0. The van der Waals surface area contributed by atoms with Crippen LogP contribution < -0.4 is 10.9 Å². The van der Waals surface area contributed by atoms with Gasteiger partial charge in [0.1, 0.15) is 11.6 Å². The minimum atomic E-state index is -0.306. The van der Waals surface area contributed by atoms with E-state index < -0.39 is 0 Å². The van der Waals surface area contributed by atoms with Crippen molar-refractivity contribution in [2.24, 2.45) is 11.3 Å². The molecule has 3 atom stereocenters. The first kappa shape index (κ1) is 22.2. The Morgan fingerprint density at radius 3 is 2.67 bits per heavy atom. The second-order valence-electron chi connectivity index (χ2n) is 9.73.